The van der Waals surface area contributed by atoms with Crippen LogP contribution >= 0.6 is 0 Å². The van der Waals surface area contributed by atoms with E-state index in [-0.39, 0.29) is 0 Å². The molecular formula is C60H37N3. The Bertz CT molecular complexity index is 4130. The van der Waals surface area contributed by atoms with Crippen molar-refractivity contribution in [3.05, 3.63) is 224 Å². The monoisotopic (exact) mass is 799 g/mol. The van der Waals surface area contributed by atoms with Crippen LogP contribution < -0.4 is 0 Å². The Morgan fingerprint density at radius 2 is 0.492 bits per heavy atom. The smallest absolute Gasteiger partial charge is 0.0541 e. The molecule has 3 nitrogen and oxygen atoms in total. The summed E-state index contributed by atoms with van der Waals surface area (Å²) in [4.78, 5) is 0. The maximum absolute atomic E-state index is 2.45. The summed E-state index contributed by atoms with van der Waals surface area (Å²) in [6, 6.07) is 82.8. The van der Waals surface area contributed by atoms with E-state index < -0.39 is 0 Å². The Kier molecular flexibility index (Phi) is 7.11. The van der Waals surface area contributed by atoms with Crippen molar-refractivity contribution in [2.45, 2.75) is 0 Å². The van der Waals surface area contributed by atoms with Crippen LogP contribution in [0.1, 0.15) is 0 Å². The van der Waals surface area contributed by atoms with Crippen LogP contribution in [0.5, 0.6) is 0 Å². The summed E-state index contributed by atoms with van der Waals surface area (Å²) in [6.07, 6.45) is 0. The molecule has 0 N–H and O–H groups in total. The molecule has 3 aromatic heterocycles. The third kappa shape index (κ3) is 4.90. The summed E-state index contributed by atoms with van der Waals surface area (Å²) in [7, 11) is 0. The molecule has 292 valence electrons. The van der Waals surface area contributed by atoms with Crippen LogP contribution in [0, 0.1) is 0 Å². The highest BCUT2D eigenvalue weighted by atomic mass is 15.0. The van der Waals surface area contributed by atoms with Crippen LogP contribution in [0.4, 0.5) is 0 Å². The number of aromatic nitrogens is 3. The van der Waals surface area contributed by atoms with E-state index >= 15 is 0 Å². The van der Waals surface area contributed by atoms with E-state index in [1.807, 2.05) is 0 Å². The minimum atomic E-state index is 1.14. The van der Waals surface area contributed by atoms with Gasteiger partial charge in [0.05, 0.1) is 33.1 Å². The molecule has 0 fully saturated rings. The minimum Gasteiger partial charge on any atom is -0.309 e. The van der Waals surface area contributed by atoms with Crippen LogP contribution in [-0.2, 0) is 0 Å². The fourth-order valence-corrected chi connectivity index (χ4v) is 10.9. The molecule has 14 rings (SSSR count). The third-order valence-corrected chi connectivity index (χ3v) is 13.6. The molecule has 0 saturated heterocycles. The summed E-state index contributed by atoms with van der Waals surface area (Å²) < 4.78 is 7.28. The molecule has 0 amide bonds. The zero-order valence-electron chi connectivity index (χ0n) is 34.2. The molecule has 11 aromatic carbocycles. The second-order valence-electron chi connectivity index (χ2n) is 16.9. The molecule has 0 unspecified atom stereocenters. The lowest BCUT2D eigenvalue weighted by atomic mass is 9.94. The molecule has 0 saturated carbocycles. The molecule has 0 atom stereocenters. The van der Waals surface area contributed by atoms with E-state index in [2.05, 4.69) is 238 Å². The van der Waals surface area contributed by atoms with Crippen molar-refractivity contribution in [2.75, 3.05) is 0 Å². The molecule has 0 bridgehead atoms. The first-order valence-corrected chi connectivity index (χ1v) is 21.8. The fraction of sp³-hybridized carbons (Fsp3) is 0. The first kappa shape index (κ1) is 34.3. The SMILES string of the molecule is c1cc(-n2c3ccccc3c3ccccc32)cc(-n2c3ccccc3c3cc(-c4ccc5c(c4)c4ccccc4n5-c4ccc5c6ccccc6c6ccccc6c5c4)ccc32)c1. The van der Waals surface area contributed by atoms with Gasteiger partial charge in [-0.2, -0.15) is 0 Å². The molecule has 14 aromatic rings. The summed E-state index contributed by atoms with van der Waals surface area (Å²) in [5.41, 5.74) is 13.1. The average Bonchev–Trinajstić information content (AvgIpc) is 3.99. The summed E-state index contributed by atoms with van der Waals surface area (Å²) >= 11 is 0. The van der Waals surface area contributed by atoms with E-state index in [9.17, 15) is 0 Å². The number of para-hydroxylation sites is 4. The first-order valence-electron chi connectivity index (χ1n) is 21.8. The highest BCUT2D eigenvalue weighted by molar-refractivity contribution is 6.26. The van der Waals surface area contributed by atoms with Gasteiger partial charge in [-0.25, -0.2) is 0 Å². The van der Waals surface area contributed by atoms with Gasteiger partial charge in [0.1, 0.15) is 0 Å². The van der Waals surface area contributed by atoms with Crippen molar-refractivity contribution >= 4 is 97.7 Å². The van der Waals surface area contributed by atoms with Crippen molar-refractivity contribution in [1.82, 2.24) is 13.7 Å². The van der Waals surface area contributed by atoms with Gasteiger partial charge >= 0.3 is 0 Å². The van der Waals surface area contributed by atoms with E-state index in [1.165, 1.54) is 115 Å². The van der Waals surface area contributed by atoms with Crippen LogP contribution in [0.2, 0.25) is 0 Å². The van der Waals surface area contributed by atoms with Gasteiger partial charge in [-0.1, -0.05) is 146 Å². The highest BCUT2D eigenvalue weighted by Gasteiger charge is 2.19. The van der Waals surface area contributed by atoms with Crippen molar-refractivity contribution in [3.8, 4) is 28.2 Å². The van der Waals surface area contributed by atoms with Crippen molar-refractivity contribution in [3.63, 3.8) is 0 Å². The van der Waals surface area contributed by atoms with Crippen LogP contribution in [-0.4, -0.2) is 13.7 Å². The van der Waals surface area contributed by atoms with Gasteiger partial charge < -0.3 is 13.7 Å². The Morgan fingerprint density at radius 3 is 0.921 bits per heavy atom. The lowest BCUT2D eigenvalue weighted by molar-refractivity contribution is 1.13. The first-order chi connectivity index (χ1) is 31.3. The molecule has 0 spiro atoms. The molecular weight excluding hydrogens is 763 g/mol. The Balaban J connectivity index is 0.922. The Morgan fingerprint density at radius 1 is 0.175 bits per heavy atom. The van der Waals surface area contributed by atoms with Crippen molar-refractivity contribution in [2.24, 2.45) is 0 Å². The van der Waals surface area contributed by atoms with E-state index in [0.29, 0.717) is 0 Å². The van der Waals surface area contributed by atoms with Crippen LogP contribution in [0.3, 0.4) is 0 Å². The summed E-state index contributed by atoms with van der Waals surface area (Å²) in [5, 5.41) is 15.2. The van der Waals surface area contributed by atoms with Crippen molar-refractivity contribution in [1.29, 1.82) is 0 Å². The maximum atomic E-state index is 2.45. The van der Waals surface area contributed by atoms with E-state index in [1.54, 1.807) is 0 Å². The number of fused-ring (bicyclic) bond motifs is 15. The number of benzene rings is 11. The largest absolute Gasteiger partial charge is 0.309 e. The maximum Gasteiger partial charge on any atom is 0.0541 e. The molecule has 0 aliphatic carbocycles. The van der Waals surface area contributed by atoms with Crippen LogP contribution in [0.25, 0.3) is 126 Å². The van der Waals surface area contributed by atoms with E-state index in [0.717, 1.165) is 11.4 Å². The number of rotatable bonds is 4. The van der Waals surface area contributed by atoms with E-state index in [4.69, 9.17) is 0 Å². The average molecular weight is 800 g/mol. The molecule has 3 heterocycles. The summed E-state index contributed by atoms with van der Waals surface area (Å²) in [6.45, 7) is 0. The Labute approximate surface area is 362 Å². The lowest BCUT2D eigenvalue weighted by Crippen LogP contribution is -1.98. The van der Waals surface area contributed by atoms with Crippen molar-refractivity contribution < 1.29 is 0 Å². The normalized spacial score (nSPS) is 12.1. The molecule has 0 aliphatic heterocycles. The summed E-state index contributed by atoms with van der Waals surface area (Å²) in [5.74, 6) is 0. The van der Waals surface area contributed by atoms with Crippen LogP contribution in [0.15, 0.2) is 224 Å². The van der Waals surface area contributed by atoms with Gasteiger partial charge in [0.25, 0.3) is 0 Å². The lowest BCUT2D eigenvalue weighted by Gasteiger charge is -2.14. The predicted molar refractivity (Wildman–Crippen MR) is 267 cm³/mol. The zero-order chi connectivity index (χ0) is 41.2. The zero-order valence-corrected chi connectivity index (χ0v) is 34.2. The third-order valence-electron chi connectivity index (χ3n) is 13.6. The van der Waals surface area contributed by atoms with Gasteiger partial charge in [-0.15, -0.1) is 0 Å². The molecule has 3 heteroatoms. The standard InChI is InChI=1S/C60H37N3/c1-2-18-45-43(16-1)44-17-3-4-19-46(44)52-37-42(30-31-47(45)52)63-58-27-12-8-23-51(58)54-35-39(29-33-60(54)63)38-28-32-59-53(34-38)50-22-7-11-26-57(50)62(59)41-15-13-14-40(36-41)61-55-24-9-5-20-48(55)49-21-6-10-25-56(49)61/h1-37H. The predicted octanol–water partition coefficient (Wildman–Crippen LogP) is 16.1. The molecule has 63 heavy (non-hydrogen) atoms. The fourth-order valence-electron chi connectivity index (χ4n) is 10.9. The number of hydrogen-bond donors (Lipinski definition) is 0. The van der Waals surface area contributed by atoms with Gasteiger partial charge in [-0.3, -0.25) is 0 Å². The molecule has 0 aliphatic rings. The van der Waals surface area contributed by atoms with Gasteiger partial charge in [0.15, 0.2) is 0 Å². The highest BCUT2D eigenvalue weighted by Crippen LogP contribution is 2.41. The second kappa shape index (κ2) is 13.1. The second-order valence-corrected chi connectivity index (χ2v) is 16.9. The molecule has 0 radical (unpaired) electrons. The van der Waals surface area contributed by atoms with Gasteiger partial charge in [0.2, 0.25) is 0 Å². The number of nitrogens with zero attached hydrogens (tertiary/aromatic N) is 3. The minimum absolute atomic E-state index is 1.14. The number of hydrogen-bond acceptors (Lipinski definition) is 0. The van der Waals surface area contributed by atoms with Gasteiger partial charge in [0, 0.05) is 49.4 Å². The topological polar surface area (TPSA) is 14.8 Å². The quantitative estimate of drug-likeness (QED) is 0.158. The van der Waals surface area contributed by atoms with Gasteiger partial charge in [-0.05, 0) is 122 Å². The Hall–Kier alpha value is -8.40.